The fourth-order valence-electron chi connectivity index (χ4n) is 1.05. The molecule has 1 aliphatic heterocycles. The van der Waals surface area contributed by atoms with Gasteiger partial charge in [-0.1, -0.05) is 0 Å². The first-order valence-electron chi connectivity index (χ1n) is 2.97. The Bertz CT molecular complexity index is 76.8. The molecule has 48 valence electrons. The molecule has 0 saturated carbocycles. The Hall–Kier alpha value is -0.120. The quantitative estimate of drug-likeness (QED) is 0.446. The highest BCUT2D eigenvalue weighted by molar-refractivity contribution is 4.72. The molecule has 1 heterocycles. The highest BCUT2D eigenvalue weighted by atomic mass is 16.3. The Balaban J connectivity index is 2.30. The predicted octanol–water partition coefficient (Wildman–Crippen LogP) is -0.683. The summed E-state index contributed by atoms with van der Waals surface area (Å²) in [7, 11) is 0. The topological polar surface area (TPSA) is 49.5 Å². The standard InChI is InChI=1S/C5H12N2O/c6-7-3-1-2-5(7)4-8/h5,8H,1-4,6H2/t5-/m1/s1. The van der Waals surface area contributed by atoms with Crippen molar-refractivity contribution in [1.82, 2.24) is 5.01 Å². The molecule has 3 nitrogen and oxygen atoms in total. The lowest BCUT2D eigenvalue weighted by Gasteiger charge is -2.14. The fourth-order valence-corrected chi connectivity index (χ4v) is 1.05. The van der Waals surface area contributed by atoms with Crippen LogP contribution >= 0.6 is 0 Å². The minimum Gasteiger partial charge on any atom is -0.395 e. The van der Waals surface area contributed by atoms with Gasteiger partial charge in [0.15, 0.2) is 0 Å². The Morgan fingerprint density at radius 2 is 2.50 bits per heavy atom. The van der Waals surface area contributed by atoms with E-state index in [-0.39, 0.29) is 12.6 Å². The van der Waals surface area contributed by atoms with Crippen LogP contribution < -0.4 is 5.84 Å². The third kappa shape index (κ3) is 0.992. The van der Waals surface area contributed by atoms with Crippen LogP contribution in [0, 0.1) is 0 Å². The third-order valence-electron chi connectivity index (χ3n) is 1.63. The minimum absolute atomic E-state index is 0.205. The number of aliphatic hydroxyl groups excluding tert-OH is 1. The van der Waals surface area contributed by atoms with E-state index < -0.39 is 0 Å². The van der Waals surface area contributed by atoms with E-state index in [4.69, 9.17) is 10.9 Å². The second-order valence-corrected chi connectivity index (χ2v) is 2.22. The van der Waals surface area contributed by atoms with Gasteiger partial charge in [0.25, 0.3) is 0 Å². The van der Waals surface area contributed by atoms with E-state index >= 15 is 0 Å². The van der Waals surface area contributed by atoms with Gasteiger partial charge in [0.2, 0.25) is 0 Å². The largest absolute Gasteiger partial charge is 0.395 e. The summed E-state index contributed by atoms with van der Waals surface area (Å²) in [5.41, 5.74) is 0. The van der Waals surface area contributed by atoms with Gasteiger partial charge in [-0.05, 0) is 12.8 Å². The number of rotatable bonds is 1. The molecule has 8 heavy (non-hydrogen) atoms. The van der Waals surface area contributed by atoms with E-state index in [1.54, 1.807) is 5.01 Å². The van der Waals surface area contributed by atoms with Crippen LogP contribution in [-0.2, 0) is 0 Å². The summed E-state index contributed by atoms with van der Waals surface area (Å²) in [6, 6.07) is 0.231. The number of hydrazine groups is 1. The van der Waals surface area contributed by atoms with Crippen LogP contribution in [0.3, 0.4) is 0 Å². The molecule has 3 heteroatoms. The zero-order valence-electron chi connectivity index (χ0n) is 4.88. The third-order valence-corrected chi connectivity index (χ3v) is 1.63. The lowest BCUT2D eigenvalue weighted by atomic mass is 10.2. The molecule has 0 aliphatic carbocycles. The predicted molar refractivity (Wildman–Crippen MR) is 31.0 cm³/mol. The molecule has 0 aromatic heterocycles. The molecule has 0 unspecified atom stereocenters. The van der Waals surface area contributed by atoms with Crippen molar-refractivity contribution in [2.75, 3.05) is 13.2 Å². The van der Waals surface area contributed by atoms with Crippen LogP contribution in [-0.4, -0.2) is 29.3 Å². The van der Waals surface area contributed by atoms with Crippen molar-refractivity contribution in [1.29, 1.82) is 0 Å². The Morgan fingerprint density at radius 1 is 1.75 bits per heavy atom. The van der Waals surface area contributed by atoms with Crippen molar-refractivity contribution in [3.63, 3.8) is 0 Å². The molecule has 1 atom stereocenters. The van der Waals surface area contributed by atoms with E-state index in [9.17, 15) is 0 Å². The van der Waals surface area contributed by atoms with Gasteiger partial charge >= 0.3 is 0 Å². The highest BCUT2D eigenvalue weighted by Crippen LogP contribution is 2.10. The van der Waals surface area contributed by atoms with Gasteiger partial charge < -0.3 is 5.11 Å². The molecule has 3 N–H and O–H groups in total. The molecule has 1 saturated heterocycles. The molecular formula is C5H12N2O. The lowest BCUT2D eigenvalue weighted by Crippen LogP contribution is -2.37. The fraction of sp³-hybridized carbons (Fsp3) is 1.00. The van der Waals surface area contributed by atoms with Crippen LogP contribution in [0.4, 0.5) is 0 Å². The second kappa shape index (κ2) is 2.44. The molecule has 0 radical (unpaired) electrons. The van der Waals surface area contributed by atoms with Crippen molar-refractivity contribution >= 4 is 0 Å². The summed E-state index contributed by atoms with van der Waals surface area (Å²) < 4.78 is 0. The summed E-state index contributed by atoms with van der Waals surface area (Å²) in [4.78, 5) is 0. The van der Waals surface area contributed by atoms with Crippen LogP contribution in [0.15, 0.2) is 0 Å². The summed E-state index contributed by atoms with van der Waals surface area (Å²) in [6.45, 7) is 1.14. The van der Waals surface area contributed by atoms with Crippen molar-refractivity contribution in [2.24, 2.45) is 5.84 Å². The zero-order valence-corrected chi connectivity index (χ0v) is 4.88. The Morgan fingerprint density at radius 3 is 2.75 bits per heavy atom. The van der Waals surface area contributed by atoms with E-state index in [2.05, 4.69) is 0 Å². The first kappa shape index (κ1) is 6.01. The van der Waals surface area contributed by atoms with E-state index in [0.29, 0.717) is 0 Å². The van der Waals surface area contributed by atoms with Crippen LogP contribution in [0.1, 0.15) is 12.8 Å². The Labute approximate surface area is 49.1 Å². The normalized spacial score (nSPS) is 31.5. The number of hydrogen-bond donors (Lipinski definition) is 2. The van der Waals surface area contributed by atoms with Crippen molar-refractivity contribution < 1.29 is 5.11 Å². The van der Waals surface area contributed by atoms with Crippen molar-refractivity contribution in [3.8, 4) is 0 Å². The summed E-state index contributed by atoms with van der Waals surface area (Å²) in [6.07, 6.45) is 2.18. The van der Waals surface area contributed by atoms with Gasteiger partial charge in [-0.2, -0.15) is 0 Å². The first-order valence-corrected chi connectivity index (χ1v) is 2.97. The molecule has 0 aromatic carbocycles. The maximum absolute atomic E-state index is 8.61. The number of aliphatic hydroxyl groups is 1. The van der Waals surface area contributed by atoms with Gasteiger partial charge in [0, 0.05) is 12.6 Å². The maximum atomic E-state index is 8.61. The van der Waals surface area contributed by atoms with Gasteiger partial charge in [0.05, 0.1) is 6.61 Å². The smallest absolute Gasteiger partial charge is 0.0600 e. The van der Waals surface area contributed by atoms with Crippen LogP contribution in [0.25, 0.3) is 0 Å². The molecule has 0 bridgehead atoms. The average Bonchev–Trinajstić information content (AvgIpc) is 2.14. The molecule has 0 aromatic rings. The van der Waals surface area contributed by atoms with E-state index in [1.807, 2.05) is 0 Å². The monoisotopic (exact) mass is 116 g/mol. The van der Waals surface area contributed by atoms with Gasteiger partial charge in [-0.15, -0.1) is 0 Å². The maximum Gasteiger partial charge on any atom is 0.0600 e. The molecule has 0 spiro atoms. The SMILES string of the molecule is NN1CCC[C@@H]1CO. The van der Waals surface area contributed by atoms with Crippen LogP contribution in [0.2, 0.25) is 0 Å². The molecule has 1 rings (SSSR count). The van der Waals surface area contributed by atoms with E-state index in [1.165, 1.54) is 0 Å². The minimum atomic E-state index is 0.205. The Kier molecular flexibility index (Phi) is 1.83. The number of nitrogens with two attached hydrogens (primary N) is 1. The zero-order chi connectivity index (χ0) is 5.98. The average molecular weight is 116 g/mol. The lowest BCUT2D eigenvalue weighted by molar-refractivity contribution is 0.161. The number of hydrogen-bond acceptors (Lipinski definition) is 3. The summed E-state index contributed by atoms with van der Waals surface area (Å²) in [5, 5.41) is 10.3. The second-order valence-electron chi connectivity index (χ2n) is 2.22. The summed E-state index contributed by atoms with van der Waals surface area (Å²) in [5.74, 6) is 5.46. The molecule has 1 fully saturated rings. The van der Waals surface area contributed by atoms with E-state index in [0.717, 1.165) is 19.4 Å². The molecule has 0 amide bonds. The first-order chi connectivity index (χ1) is 3.84. The summed E-state index contributed by atoms with van der Waals surface area (Å²) >= 11 is 0. The molecular weight excluding hydrogens is 104 g/mol. The van der Waals surface area contributed by atoms with Gasteiger partial charge in [-0.3, -0.25) is 5.84 Å². The molecule has 1 aliphatic rings. The van der Waals surface area contributed by atoms with Gasteiger partial charge in [0.1, 0.15) is 0 Å². The van der Waals surface area contributed by atoms with Crippen molar-refractivity contribution in [3.05, 3.63) is 0 Å². The number of nitrogens with zero attached hydrogens (tertiary/aromatic N) is 1. The van der Waals surface area contributed by atoms with Crippen LogP contribution in [0.5, 0.6) is 0 Å². The highest BCUT2D eigenvalue weighted by Gasteiger charge is 2.19. The van der Waals surface area contributed by atoms with Crippen molar-refractivity contribution in [2.45, 2.75) is 18.9 Å². The van der Waals surface area contributed by atoms with Gasteiger partial charge in [-0.25, -0.2) is 5.01 Å².